The van der Waals surface area contributed by atoms with E-state index in [0.29, 0.717) is 5.75 Å². The molecule has 2 heterocycles. The fourth-order valence-corrected chi connectivity index (χ4v) is 3.78. The number of aromatic nitrogens is 1. The van der Waals surface area contributed by atoms with E-state index < -0.39 is 0 Å². The minimum atomic E-state index is 0.128. The van der Waals surface area contributed by atoms with Gasteiger partial charge in [0.1, 0.15) is 5.82 Å². The van der Waals surface area contributed by atoms with E-state index in [9.17, 15) is 5.11 Å². The molecular formula is C22H25N3O2. The fraction of sp³-hybridized carbons (Fsp3) is 0.318. The molecule has 5 heteroatoms. The van der Waals surface area contributed by atoms with Gasteiger partial charge in [-0.25, -0.2) is 4.98 Å². The van der Waals surface area contributed by atoms with Crippen molar-refractivity contribution >= 4 is 16.6 Å². The maximum Gasteiger partial charge on any atom is 0.169 e. The Morgan fingerprint density at radius 2 is 1.81 bits per heavy atom. The highest BCUT2D eigenvalue weighted by atomic mass is 16.5. The molecule has 1 fully saturated rings. The van der Waals surface area contributed by atoms with E-state index in [0.717, 1.165) is 60.6 Å². The Morgan fingerprint density at radius 1 is 1.04 bits per heavy atom. The summed E-state index contributed by atoms with van der Waals surface area (Å²) < 4.78 is 5.45. The van der Waals surface area contributed by atoms with Crippen molar-refractivity contribution in [2.45, 2.75) is 6.92 Å². The van der Waals surface area contributed by atoms with Crippen molar-refractivity contribution in [3.63, 3.8) is 0 Å². The van der Waals surface area contributed by atoms with Gasteiger partial charge in [-0.05, 0) is 30.1 Å². The number of ether oxygens (including phenoxy) is 1. The fourth-order valence-electron chi connectivity index (χ4n) is 3.78. The van der Waals surface area contributed by atoms with Gasteiger partial charge in [-0.1, -0.05) is 37.3 Å². The van der Waals surface area contributed by atoms with Gasteiger partial charge in [0.25, 0.3) is 0 Å². The number of hydrogen-bond acceptors (Lipinski definition) is 5. The number of phenolic OH excluding ortho intramolecular Hbond substituents is 1. The maximum atomic E-state index is 10.2. The van der Waals surface area contributed by atoms with Crippen molar-refractivity contribution in [1.29, 1.82) is 0 Å². The topological polar surface area (TPSA) is 48.8 Å². The number of para-hydroxylation sites is 1. The maximum absolute atomic E-state index is 10.2. The third kappa shape index (κ3) is 3.30. The van der Waals surface area contributed by atoms with Crippen molar-refractivity contribution in [3.8, 4) is 22.8 Å². The van der Waals surface area contributed by atoms with Crippen LogP contribution in [0.2, 0.25) is 0 Å². The van der Waals surface area contributed by atoms with Gasteiger partial charge in [-0.3, -0.25) is 0 Å². The Kier molecular flexibility index (Phi) is 4.86. The smallest absolute Gasteiger partial charge is 0.169 e. The van der Waals surface area contributed by atoms with Gasteiger partial charge in [0.2, 0.25) is 0 Å². The number of rotatable bonds is 4. The predicted molar refractivity (Wildman–Crippen MR) is 110 cm³/mol. The lowest BCUT2D eigenvalue weighted by molar-refractivity contribution is 0.271. The van der Waals surface area contributed by atoms with Gasteiger partial charge in [-0.2, -0.15) is 0 Å². The summed E-state index contributed by atoms with van der Waals surface area (Å²) in [6.07, 6.45) is 0. The molecule has 1 aliphatic heterocycles. The van der Waals surface area contributed by atoms with Crippen LogP contribution in [0.4, 0.5) is 5.82 Å². The zero-order valence-corrected chi connectivity index (χ0v) is 15.9. The van der Waals surface area contributed by atoms with Crippen molar-refractivity contribution in [1.82, 2.24) is 9.88 Å². The Balaban J connectivity index is 1.84. The summed E-state index contributed by atoms with van der Waals surface area (Å²) in [5.74, 6) is 1.59. The zero-order chi connectivity index (χ0) is 18.8. The normalized spacial score (nSPS) is 15.3. The molecule has 140 valence electrons. The van der Waals surface area contributed by atoms with Crippen LogP contribution in [0, 0.1) is 0 Å². The van der Waals surface area contributed by atoms with E-state index in [1.54, 1.807) is 13.2 Å². The van der Waals surface area contributed by atoms with Crippen molar-refractivity contribution in [2.24, 2.45) is 0 Å². The number of pyridine rings is 1. The van der Waals surface area contributed by atoms with Gasteiger partial charge in [-0.15, -0.1) is 0 Å². The average Bonchev–Trinajstić information content (AvgIpc) is 2.73. The lowest BCUT2D eigenvalue weighted by Gasteiger charge is -2.35. The predicted octanol–water partition coefficient (Wildman–Crippen LogP) is 3.76. The molecular weight excluding hydrogens is 338 g/mol. The minimum absolute atomic E-state index is 0.128. The molecule has 0 bridgehead atoms. The van der Waals surface area contributed by atoms with Crippen LogP contribution in [-0.4, -0.2) is 54.8 Å². The summed E-state index contributed by atoms with van der Waals surface area (Å²) in [6.45, 7) is 7.32. The SMILES string of the molecule is CCN1CCN(c2nc(-c3cccc(O)c3OC)cc3ccccc23)CC1. The van der Waals surface area contributed by atoms with Crippen LogP contribution in [-0.2, 0) is 0 Å². The van der Waals surface area contributed by atoms with E-state index in [1.807, 2.05) is 18.2 Å². The summed E-state index contributed by atoms with van der Waals surface area (Å²) in [6, 6.07) is 15.8. The van der Waals surface area contributed by atoms with Gasteiger partial charge in [0, 0.05) is 37.1 Å². The lowest BCUT2D eigenvalue weighted by Crippen LogP contribution is -2.46. The standard InChI is InChI=1S/C22H25N3O2/c1-3-24-11-13-25(14-12-24)22-17-8-5-4-7-16(17)15-19(23-22)18-9-6-10-20(26)21(18)27-2/h4-10,15,26H,3,11-14H2,1-2H3. The number of anilines is 1. The molecule has 3 aromatic rings. The minimum Gasteiger partial charge on any atom is -0.504 e. The number of fused-ring (bicyclic) bond motifs is 1. The molecule has 1 aliphatic rings. The number of methoxy groups -OCH3 is 1. The number of piperazine rings is 1. The Hall–Kier alpha value is -2.79. The summed E-state index contributed by atoms with van der Waals surface area (Å²) in [5, 5.41) is 12.5. The molecule has 0 unspecified atom stereocenters. The van der Waals surface area contributed by atoms with Crippen molar-refractivity contribution in [2.75, 3.05) is 44.7 Å². The number of hydrogen-bond donors (Lipinski definition) is 1. The van der Waals surface area contributed by atoms with Crippen LogP contribution >= 0.6 is 0 Å². The number of likely N-dealkylation sites (N-methyl/N-ethyl adjacent to an activating group) is 1. The van der Waals surface area contributed by atoms with Gasteiger partial charge >= 0.3 is 0 Å². The molecule has 0 spiro atoms. The molecule has 0 aliphatic carbocycles. The molecule has 0 radical (unpaired) electrons. The molecule has 2 aromatic carbocycles. The number of phenols is 1. The second-order valence-corrected chi connectivity index (χ2v) is 6.83. The first-order valence-corrected chi connectivity index (χ1v) is 9.44. The Bertz CT molecular complexity index is 949. The first-order valence-electron chi connectivity index (χ1n) is 9.44. The van der Waals surface area contributed by atoms with Gasteiger partial charge < -0.3 is 19.6 Å². The molecule has 0 amide bonds. The zero-order valence-electron chi connectivity index (χ0n) is 15.9. The van der Waals surface area contributed by atoms with Gasteiger partial charge in [0.15, 0.2) is 11.5 Å². The highest BCUT2D eigenvalue weighted by Crippen LogP contribution is 2.39. The molecule has 0 atom stereocenters. The van der Waals surface area contributed by atoms with Crippen LogP contribution in [0.5, 0.6) is 11.5 Å². The van der Waals surface area contributed by atoms with E-state index in [4.69, 9.17) is 9.72 Å². The van der Waals surface area contributed by atoms with Crippen LogP contribution in [0.3, 0.4) is 0 Å². The highest BCUT2D eigenvalue weighted by Gasteiger charge is 2.21. The average molecular weight is 363 g/mol. The van der Waals surface area contributed by atoms with Gasteiger partial charge in [0.05, 0.1) is 12.8 Å². The third-order valence-electron chi connectivity index (χ3n) is 5.31. The summed E-state index contributed by atoms with van der Waals surface area (Å²) in [4.78, 5) is 9.84. The monoisotopic (exact) mass is 363 g/mol. The van der Waals surface area contributed by atoms with Crippen molar-refractivity contribution < 1.29 is 9.84 Å². The van der Waals surface area contributed by atoms with E-state index in [1.165, 1.54) is 0 Å². The molecule has 1 aromatic heterocycles. The molecule has 5 nitrogen and oxygen atoms in total. The molecule has 1 N–H and O–H groups in total. The second kappa shape index (κ2) is 7.45. The number of nitrogens with zero attached hydrogens (tertiary/aromatic N) is 3. The highest BCUT2D eigenvalue weighted by molar-refractivity contribution is 5.95. The first-order chi connectivity index (χ1) is 13.2. The van der Waals surface area contributed by atoms with E-state index in [-0.39, 0.29) is 5.75 Å². The van der Waals surface area contributed by atoms with Crippen LogP contribution in [0.15, 0.2) is 48.5 Å². The first kappa shape index (κ1) is 17.6. The number of benzene rings is 2. The van der Waals surface area contributed by atoms with Crippen LogP contribution < -0.4 is 9.64 Å². The molecule has 4 rings (SSSR count). The number of aromatic hydroxyl groups is 1. The van der Waals surface area contributed by atoms with E-state index in [2.05, 4.69) is 41.0 Å². The Labute approximate surface area is 159 Å². The second-order valence-electron chi connectivity index (χ2n) is 6.83. The van der Waals surface area contributed by atoms with E-state index >= 15 is 0 Å². The molecule has 1 saturated heterocycles. The summed E-state index contributed by atoms with van der Waals surface area (Å²) in [7, 11) is 1.57. The van der Waals surface area contributed by atoms with Crippen LogP contribution in [0.25, 0.3) is 22.0 Å². The summed E-state index contributed by atoms with van der Waals surface area (Å²) >= 11 is 0. The Morgan fingerprint density at radius 3 is 2.56 bits per heavy atom. The lowest BCUT2D eigenvalue weighted by atomic mass is 10.0. The largest absolute Gasteiger partial charge is 0.504 e. The third-order valence-corrected chi connectivity index (χ3v) is 5.31. The molecule has 27 heavy (non-hydrogen) atoms. The quantitative estimate of drug-likeness (QED) is 0.765. The van der Waals surface area contributed by atoms with Crippen LogP contribution in [0.1, 0.15) is 6.92 Å². The summed E-state index contributed by atoms with van der Waals surface area (Å²) in [5.41, 5.74) is 1.62. The van der Waals surface area contributed by atoms with Crippen molar-refractivity contribution in [3.05, 3.63) is 48.5 Å². The molecule has 0 saturated carbocycles.